The molecule has 3 aromatic rings. The molecule has 6 nitrogen and oxygen atoms in total. The molecule has 2 aromatic carbocycles. The highest BCUT2D eigenvalue weighted by Crippen LogP contribution is 2.33. The van der Waals surface area contributed by atoms with Gasteiger partial charge in [0.2, 0.25) is 5.78 Å². The lowest BCUT2D eigenvalue weighted by atomic mass is 9.92. The number of fused-ring (bicyclic) bond motifs is 1. The summed E-state index contributed by atoms with van der Waals surface area (Å²) in [5.74, 6) is -5.45. The van der Waals surface area contributed by atoms with Gasteiger partial charge in [0.25, 0.3) is 0 Å². The third-order valence-corrected chi connectivity index (χ3v) is 4.44. The minimum Gasteiger partial charge on any atom is -0.480 e. The molecule has 132 valence electrons. The van der Waals surface area contributed by atoms with Gasteiger partial charge in [-0.25, -0.2) is 0 Å². The van der Waals surface area contributed by atoms with E-state index in [2.05, 4.69) is 4.98 Å². The number of nitrogens with one attached hydrogen (secondary N) is 1. The number of halogens is 1. The minimum absolute atomic E-state index is 0.0635. The summed E-state index contributed by atoms with van der Waals surface area (Å²) in [6.45, 7) is 1.75. The first-order valence-corrected chi connectivity index (χ1v) is 8.06. The first-order chi connectivity index (χ1) is 12.3. The number of aryl methyl sites for hydroxylation is 1. The molecule has 0 bridgehead atoms. The van der Waals surface area contributed by atoms with Crippen LogP contribution >= 0.6 is 11.6 Å². The van der Waals surface area contributed by atoms with Gasteiger partial charge in [0.05, 0.1) is 5.69 Å². The van der Waals surface area contributed by atoms with Crippen LogP contribution in [0.25, 0.3) is 10.9 Å². The second kappa shape index (κ2) is 6.65. The molecule has 0 fully saturated rings. The van der Waals surface area contributed by atoms with Crippen LogP contribution in [0.4, 0.5) is 0 Å². The van der Waals surface area contributed by atoms with Gasteiger partial charge in [0.15, 0.2) is 5.92 Å². The summed E-state index contributed by atoms with van der Waals surface area (Å²) in [6, 6.07) is 11.4. The van der Waals surface area contributed by atoms with Gasteiger partial charge in [-0.1, -0.05) is 41.9 Å². The van der Waals surface area contributed by atoms with Crippen molar-refractivity contribution < 1.29 is 24.6 Å². The van der Waals surface area contributed by atoms with Crippen LogP contribution in [0.2, 0.25) is 5.02 Å². The van der Waals surface area contributed by atoms with E-state index in [1.54, 1.807) is 31.2 Å². The van der Waals surface area contributed by atoms with Crippen molar-refractivity contribution in [1.82, 2.24) is 4.98 Å². The number of benzene rings is 2. The van der Waals surface area contributed by atoms with E-state index in [1.807, 2.05) is 0 Å². The number of aliphatic carboxylic acids is 2. The lowest BCUT2D eigenvalue weighted by molar-refractivity contribution is -0.149. The highest BCUT2D eigenvalue weighted by molar-refractivity contribution is 6.31. The van der Waals surface area contributed by atoms with Gasteiger partial charge in [-0.2, -0.15) is 0 Å². The smallest absolute Gasteiger partial charge is 0.322 e. The van der Waals surface area contributed by atoms with Crippen molar-refractivity contribution in [2.75, 3.05) is 0 Å². The number of carbonyl (C=O) groups is 3. The number of rotatable bonds is 5. The molecule has 3 rings (SSSR count). The molecule has 0 saturated carbocycles. The van der Waals surface area contributed by atoms with Crippen LogP contribution < -0.4 is 0 Å². The van der Waals surface area contributed by atoms with E-state index >= 15 is 0 Å². The third kappa shape index (κ3) is 2.95. The van der Waals surface area contributed by atoms with Gasteiger partial charge >= 0.3 is 11.9 Å². The standard InChI is InChI=1S/C19H14ClNO5/c1-9-4-2-3-5-11(9)17(22)16-14(15(18(23)24)19(25)26)12-7-6-10(20)8-13(12)21-16/h2-8,15,21H,1H3,(H,23,24)(H,25,26). The lowest BCUT2D eigenvalue weighted by Crippen LogP contribution is -2.23. The van der Waals surface area contributed by atoms with Crippen LogP contribution in [0.15, 0.2) is 42.5 Å². The van der Waals surface area contributed by atoms with Crippen molar-refractivity contribution in [2.45, 2.75) is 12.8 Å². The number of aromatic amines is 1. The predicted molar refractivity (Wildman–Crippen MR) is 95.9 cm³/mol. The van der Waals surface area contributed by atoms with Crippen molar-refractivity contribution >= 4 is 40.2 Å². The fourth-order valence-electron chi connectivity index (χ4n) is 2.99. The summed E-state index contributed by atoms with van der Waals surface area (Å²) in [5, 5.41) is 19.6. The Kier molecular flexibility index (Phi) is 4.52. The summed E-state index contributed by atoms with van der Waals surface area (Å²) < 4.78 is 0. The van der Waals surface area contributed by atoms with E-state index in [0.717, 1.165) is 0 Å². The van der Waals surface area contributed by atoms with Crippen molar-refractivity contribution in [1.29, 1.82) is 0 Å². The number of ketones is 1. The van der Waals surface area contributed by atoms with E-state index in [-0.39, 0.29) is 11.3 Å². The number of carboxylic acid groups (broad SMARTS) is 2. The lowest BCUT2D eigenvalue weighted by Gasteiger charge is -2.10. The molecule has 3 N–H and O–H groups in total. The average molecular weight is 372 g/mol. The van der Waals surface area contributed by atoms with Gasteiger partial charge in [0, 0.05) is 27.1 Å². The van der Waals surface area contributed by atoms with Crippen molar-refractivity contribution in [3.05, 3.63) is 69.9 Å². The third-order valence-electron chi connectivity index (χ3n) is 4.20. The second-order valence-corrected chi connectivity index (χ2v) is 6.29. The Hall–Kier alpha value is -3.12. The van der Waals surface area contributed by atoms with Gasteiger partial charge in [-0.3, -0.25) is 14.4 Å². The van der Waals surface area contributed by atoms with E-state index in [9.17, 15) is 24.6 Å². The number of carbonyl (C=O) groups excluding carboxylic acids is 1. The van der Waals surface area contributed by atoms with Crippen LogP contribution in [0.5, 0.6) is 0 Å². The van der Waals surface area contributed by atoms with Crippen molar-refractivity contribution in [2.24, 2.45) is 0 Å². The summed E-state index contributed by atoms with van der Waals surface area (Å²) >= 11 is 5.97. The molecule has 0 saturated heterocycles. The summed E-state index contributed by atoms with van der Waals surface area (Å²) in [5.41, 5.74) is 1.32. The Labute approximate surface area is 153 Å². The molecule has 26 heavy (non-hydrogen) atoms. The maximum absolute atomic E-state index is 13.0. The fourth-order valence-corrected chi connectivity index (χ4v) is 3.16. The molecule has 0 radical (unpaired) electrons. The summed E-state index contributed by atoms with van der Waals surface area (Å²) in [6.07, 6.45) is 0. The first-order valence-electron chi connectivity index (χ1n) is 7.68. The zero-order valence-electron chi connectivity index (χ0n) is 13.6. The average Bonchev–Trinajstić information content (AvgIpc) is 2.92. The Morgan fingerprint density at radius 3 is 2.31 bits per heavy atom. The molecular weight excluding hydrogens is 358 g/mol. The zero-order valence-corrected chi connectivity index (χ0v) is 14.4. The van der Waals surface area contributed by atoms with Gasteiger partial charge in [-0.15, -0.1) is 0 Å². The van der Waals surface area contributed by atoms with Crippen LogP contribution in [0, 0.1) is 6.92 Å². The van der Waals surface area contributed by atoms with Crippen LogP contribution in [-0.4, -0.2) is 32.9 Å². The number of carboxylic acids is 2. The Bertz CT molecular complexity index is 1040. The van der Waals surface area contributed by atoms with E-state index in [1.165, 1.54) is 18.2 Å². The Morgan fingerprint density at radius 1 is 1.04 bits per heavy atom. The predicted octanol–water partition coefficient (Wildman–Crippen LogP) is 3.61. The van der Waals surface area contributed by atoms with Crippen LogP contribution in [0.3, 0.4) is 0 Å². The van der Waals surface area contributed by atoms with Crippen molar-refractivity contribution in [3.63, 3.8) is 0 Å². The molecule has 0 aliphatic carbocycles. The zero-order chi connectivity index (χ0) is 19.0. The summed E-state index contributed by atoms with van der Waals surface area (Å²) in [7, 11) is 0. The number of hydrogen-bond acceptors (Lipinski definition) is 3. The van der Waals surface area contributed by atoms with E-state index in [0.29, 0.717) is 27.1 Å². The van der Waals surface area contributed by atoms with Gasteiger partial charge < -0.3 is 15.2 Å². The minimum atomic E-state index is -1.88. The SMILES string of the molecule is Cc1ccccc1C(=O)c1[nH]c2cc(Cl)ccc2c1C(C(=O)O)C(=O)O. The number of aromatic nitrogens is 1. The molecule has 0 atom stereocenters. The van der Waals surface area contributed by atoms with Crippen LogP contribution in [0.1, 0.15) is 33.1 Å². The van der Waals surface area contributed by atoms with Crippen LogP contribution in [-0.2, 0) is 9.59 Å². The summed E-state index contributed by atoms with van der Waals surface area (Å²) in [4.78, 5) is 39.1. The largest absolute Gasteiger partial charge is 0.480 e. The molecule has 1 aromatic heterocycles. The molecule has 0 spiro atoms. The normalized spacial score (nSPS) is 11.0. The topological polar surface area (TPSA) is 107 Å². The first kappa shape index (κ1) is 17.7. The monoisotopic (exact) mass is 371 g/mol. The number of H-pyrrole nitrogens is 1. The highest BCUT2D eigenvalue weighted by atomic mass is 35.5. The molecule has 0 unspecified atom stereocenters. The maximum atomic E-state index is 13.0. The molecule has 1 heterocycles. The van der Waals surface area contributed by atoms with Crippen molar-refractivity contribution in [3.8, 4) is 0 Å². The maximum Gasteiger partial charge on any atom is 0.322 e. The highest BCUT2D eigenvalue weighted by Gasteiger charge is 2.35. The second-order valence-electron chi connectivity index (χ2n) is 5.86. The van der Waals surface area contributed by atoms with E-state index in [4.69, 9.17) is 11.6 Å². The van der Waals surface area contributed by atoms with E-state index < -0.39 is 23.6 Å². The molecule has 0 aliphatic heterocycles. The molecular formula is C19H14ClNO5. The fraction of sp³-hybridized carbons (Fsp3) is 0.105. The molecule has 0 aliphatic rings. The quantitative estimate of drug-likeness (QED) is 0.469. The van der Waals surface area contributed by atoms with Gasteiger partial charge in [0.1, 0.15) is 0 Å². The Morgan fingerprint density at radius 2 is 1.69 bits per heavy atom. The van der Waals surface area contributed by atoms with Gasteiger partial charge in [-0.05, 0) is 24.6 Å². The number of hydrogen-bond donors (Lipinski definition) is 3. The molecule has 0 amide bonds. The Balaban J connectivity index is 2.32. The molecule has 7 heteroatoms.